The quantitative estimate of drug-likeness (QED) is 0.767. The molecule has 2 rings (SSSR count). The second kappa shape index (κ2) is 3.50. The molecular formula is C10H16N2O. The summed E-state index contributed by atoms with van der Waals surface area (Å²) in [4.78, 5) is 4.28. The van der Waals surface area contributed by atoms with E-state index >= 15 is 0 Å². The van der Waals surface area contributed by atoms with Gasteiger partial charge in [0.05, 0.1) is 12.1 Å². The first-order chi connectivity index (χ1) is 6.25. The van der Waals surface area contributed by atoms with E-state index < -0.39 is 0 Å². The summed E-state index contributed by atoms with van der Waals surface area (Å²) < 4.78 is 5.65. The van der Waals surface area contributed by atoms with Crippen LogP contribution in [0.4, 0.5) is 0 Å². The zero-order valence-electron chi connectivity index (χ0n) is 8.21. The summed E-state index contributed by atoms with van der Waals surface area (Å²) in [5.74, 6) is 3.09. The first-order valence-corrected chi connectivity index (χ1v) is 4.91. The summed E-state index contributed by atoms with van der Waals surface area (Å²) in [6.45, 7) is 6.41. The number of nitrogens with zero attached hydrogens (tertiary/aromatic N) is 1. The maximum atomic E-state index is 5.65. The van der Waals surface area contributed by atoms with Crippen LogP contribution in [0.5, 0.6) is 0 Å². The van der Waals surface area contributed by atoms with Crippen LogP contribution in [0, 0.1) is 5.92 Å². The molecule has 2 heterocycles. The van der Waals surface area contributed by atoms with E-state index in [9.17, 15) is 0 Å². The van der Waals surface area contributed by atoms with Gasteiger partial charge >= 0.3 is 0 Å². The summed E-state index contributed by atoms with van der Waals surface area (Å²) in [7, 11) is 0. The monoisotopic (exact) mass is 180 g/mol. The molecular weight excluding hydrogens is 164 g/mol. The smallest absolute Gasteiger partial charge is 0.200 e. The molecule has 13 heavy (non-hydrogen) atoms. The SMILES string of the molecule is CC(C)Cc1cnc(C2CNC2)o1. The van der Waals surface area contributed by atoms with Crippen molar-refractivity contribution in [1.29, 1.82) is 0 Å². The third kappa shape index (κ3) is 1.91. The highest BCUT2D eigenvalue weighted by molar-refractivity contribution is 5.04. The fraction of sp³-hybridized carbons (Fsp3) is 0.700. The van der Waals surface area contributed by atoms with E-state index in [1.165, 1.54) is 0 Å². The summed E-state index contributed by atoms with van der Waals surface area (Å²) in [5, 5.41) is 3.21. The Morgan fingerprint density at radius 1 is 1.62 bits per heavy atom. The van der Waals surface area contributed by atoms with Crippen molar-refractivity contribution in [2.75, 3.05) is 13.1 Å². The molecule has 1 saturated heterocycles. The minimum atomic E-state index is 0.515. The van der Waals surface area contributed by atoms with Gasteiger partial charge in [-0.05, 0) is 5.92 Å². The van der Waals surface area contributed by atoms with Crippen LogP contribution in [0.2, 0.25) is 0 Å². The highest BCUT2D eigenvalue weighted by Gasteiger charge is 2.23. The van der Waals surface area contributed by atoms with Crippen LogP contribution in [-0.4, -0.2) is 18.1 Å². The van der Waals surface area contributed by atoms with Crippen LogP contribution in [0.3, 0.4) is 0 Å². The first kappa shape index (κ1) is 8.75. The largest absolute Gasteiger partial charge is 0.445 e. The summed E-state index contributed by atoms with van der Waals surface area (Å²) in [6, 6.07) is 0. The van der Waals surface area contributed by atoms with Crippen LogP contribution in [-0.2, 0) is 6.42 Å². The van der Waals surface area contributed by atoms with Gasteiger partial charge in [0.15, 0.2) is 5.89 Å². The average molecular weight is 180 g/mol. The van der Waals surface area contributed by atoms with Crippen molar-refractivity contribution in [3.8, 4) is 0 Å². The molecule has 0 radical (unpaired) electrons. The first-order valence-electron chi connectivity index (χ1n) is 4.91. The Labute approximate surface area is 78.5 Å². The maximum absolute atomic E-state index is 5.65. The average Bonchev–Trinajstić information content (AvgIpc) is 2.31. The van der Waals surface area contributed by atoms with Crippen LogP contribution >= 0.6 is 0 Å². The summed E-state index contributed by atoms with van der Waals surface area (Å²) in [6.07, 6.45) is 2.86. The third-order valence-corrected chi connectivity index (χ3v) is 2.31. The normalized spacial score (nSPS) is 17.8. The van der Waals surface area contributed by atoms with Crippen LogP contribution in [0.1, 0.15) is 31.4 Å². The van der Waals surface area contributed by atoms with Gasteiger partial charge in [0.1, 0.15) is 5.76 Å². The van der Waals surface area contributed by atoms with Crippen molar-refractivity contribution >= 4 is 0 Å². The third-order valence-electron chi connectivity index (χ3n) is 2.31. The van der Waals surface area contributed by atoms with Crippen LogP contribution in [0.15, 0.2) is 10.6 Å². The van der Waals surface area contributed by atoms with Gasteiger partial charge in [-0.2, -0.15) is 0 Å². The van der Waals surface area contributed by atoms with Gasteiger partial charge in [0.2, 0.25) is 0 Å². The molecule has 0 bridgehead atoms. The van der Waals surface area contributed by atoms with Gasteiger partial charge in [-0.1, -0.05) is 13.8 Å². The molecule has 72 valence electrons. The lowest BCUT2D eigenvalue weighted by Gasteiger charge is -2.23. The molecule has 0 spiro atoms. The summed E-state index contributed by atoms with van der Waals surface area (Å²) in [5.41, 5.74) is 0. The van der Waals surface area contributed by atoms with E-state index in [1.807, 2.05) is 6.20 Å². The van der Waals surface area contributed by atoms with E-state index in [0.29, 0.717) is 11.8 Å². The van der Waals surface area contributed by atoms with E-state index in [2.05, 4.69) is 24.1 Å². The van der Waals surface area contributed by atoms with Crippen molar-refractivity contribution in [1.82, 2.24) is 10.3 Å². The van der Waals surface area contributed by atoms with E-state index in [0.717, 1.165) is 31.2 Å². The predicted molar refractivity (Wildman–Crippen MR) is 50.7 cm³/mol. The summed E-state index contributed by atoms with van der Waals surface area (Å²) >= 11 is 0. The lowest BCUT2D eigenvalue weighted by molar-refractivity contribution is 0.340. The Morgan fingerprint density at radius 2 is 2.38 bits per heavy atom. The zero-order chi connectivity index (χ0) is 9.26. The molecule has 0 aliphatic carbocycles. The van der Waals surface area contributed by atoms with Crippen LogP contribution < -0.4 is 5.32 Å². The van der Waals surface area contributed by atoms with Crippen molar-refractivity contribution in [3.63, 3.8) is 0 Å². The highest BCUT2D eigenvalue weighted by Crippen LogP contribution is 2.20. The number of hydrogen-bond donors (Lipinski definition) is 1. The molecule has 1 fully saturated rings. The van der Waals surface area contributed by atoms with Crippen molar-refractivity contribution in [3.05, 3.63) is 17.8 Å². The number of aromatic nitrogens is 1. The van der Waals surface area contributed by atoms with Crippen LogP contribution in [0.25, 0.3) is 0 Å². The van der Waals surface area contributed by atoms with Gasteiger partial charge < -0.3 is 9.73 Å². The molecule has 1 N–H and O–H groups in total. The molecule has 3 nitrogen and oxygen atoms in total. The molecule has 0 aromatic carbocycles. The van der Waals surface area contributed by atoms with E-state index in [4.69, 9.17) is 4.42 Å². The number of oxazole rings is 1. The van der Waals surface area contributed by atoms with Crippen molar-refractivity contribution < 1.29 is 4.42 Å². The Morgan fingerprint density at radius 3 is 2.92 bits per heavy atom. The number of hydrogen-bond acceptors (Lipinski definition) is 3. The standard InChI is InChI=1S/C10H16N2O/c1-7(2)3-9-6-12-10(13-9)8-4-11-5-8/h6-8,11H,3-5H2,1-2H3. The Balaban J connectivity index is 2.00. The van der Waals surface area contributed by atoms with Gasteiger partial charge in [-0.25, -0.2) is 4.98 Å². The fourth-order valence-electron chi connectivity index (χ4n) is 1.47. The molecule has 1 aromatic heterocycles. The number of nitrogens with one attached hydrogen (secondary N) is 1. The lowest BCUT2D eigenvalue weighted by atomic mass is 10.0. The highest BCUT2D eigenvalue weighted by atomic mass is 16.4. The molecule has 1 aliphatic heterocycles. The van der Waals surface area contributed by atoms with Crippen molar-refractivity contribution in [2.45, 2.75) is 26.2 Å². The maximum Gasteiger partial charge on any atom is 0.200 e. The molecule has 0 saturated carbocycles. The zero-order valence-corrected chi connectivity index (χ0v) is 8.21. The number of rotatable bonds is 3. The van der Waals surface area contributed by atoms with Gasteiger partial charge in [0, 0.05) is 19.5 Å². The fourth-order valence-corrected chi connectivity index (χ4v) is 1.47. The molecule has 0 unspecified atom stereocenters. The molecule has 1 aromatic rings. The molecule has 0 atom stereocenters. The lowest BCUT2D eigenvalue weighted by Crippen LogP contribution is -2.40. The van der Waals surface area contributed by atoms with Gasteiger partial charge in [0.25, 0.3) is 0 Å². The van der Waals surface area contributed by atoms with Crippen molar-refractivity contribution in [2.24, 2.45) is 5.92 Å². The minimum absolute atomic E-state index is 0.515. The van der Waals surface area contributed by atoms with Gasteiger partial charge in [-0.3, -0.25) is 0 Å². The van der Waals surface area contributed by atoms with E-state index in [1.54, 1.807) is 0 Å². The Kier molecular flexibility index (Phi) is 2.36. The van der Waals surface area contributed by atoms with E-state index in [-0.39, 0.29) is 0 Å². The molecule has 1 aliphatic rings. The minimum Gasteiger partial charge on any atom is -0.445 e. The Bertz CT molecular complexity index is 276. The topological polar surface area (TPSA) is 38.1 Å². The molecule has 3 heteroatoms. The molecule has 0 amide bonds. The van der Waals surface area contributed by atoms with Gasteiger partial charge in [-0.15, -0.1) is 0 Å². The Hall–Kier alpha value is -0.830. The second-order valence-corrected chi connectivity index (χ2v) is 4.12. The predicted octanol–water partition coefficient (Wildman–Crippen LogP) is 1.56. The second-order valence-electron chi connectivity index (χ2n) is 4.12.